The van der Waals surface area contributed by atoms with Crippen LogP contribution >= 0.6 is 0 Å². The Morgan fingerprint density at radius 2 is 2.29 bits per heavy atom. The average molecular weight is 288 g/mol. The summed E-state index contributed by atoms with van der Waals surface area (Å²) in [5, 5.41) is 13.9. The Morgan fingerprint density at radius 3 is 3.05 bits per heavy atom. The van der Waals surface area contributed by atoms with Crippen LogP contribution in [0, 0.1) is 0 Å². The maximum Gasteiger partial charge on any atom is 0.229 e. The van der Waals surface area contributed by atoms with Gasteiger partial charge in [-0.1, -0.05) is 25.1 Å². The van der Waals surface area contributed by atoms with Crippen molar-refractivity contribution in [1.29, 1.82) is 0 Å². The first-order valence-electron chi connectivity index (χ1n) is 7.39. The van der Waals surface area contributed by atoms with E-state index in [1.807, 2.05) is 32.0 Å². The van der Waals surface area contributed by atoms with Crippen LogP contribution in [0.1, 0.15) is 61.6 Å². The van der Waals surface area contributed by atoms with Gasteiger partial charge in [0, 0.05) is 5.92 Å². The molecule has 0 bridgehead atoms. The van der Waals surface area contributed by atoms with Gasteiger partial charge in [-0.25, -0.2) is 0 Å². The maximum atomic E-state index is 10.0. The molecule has 1 atom stereocenters. The number of rotatable bonds is 4. The summed E-state index contributed by atoms with van der Waals surface area (Å²) in [6.45, 7) is 4.27. The van der Waals surface area contributed by atoms with Crippen LogP contribution in [-0.2, 0) is 13.0 Å². The molecule has 0 saturated heterocycles. The minimum atomic E-state index is -0.380. The van der Waals surface area contributed by atoms with Gasteiger partial charge in [-0.2, -0.15) is 4.98 Å². The fraction of sp³-hybridized carbons (Fsp3) is 0.500. The molecule has 0 unspecified atom stereocenters. The molecule has 1 heterocycles. The quantitative estimate of drug-likeness (QED) is 0.936. The minimum Gasteiger partial charge on any atom is -0.485 e. The molecule has 1 aromatic heterocycles. The number of fused-ring (bicyclic) bond motifs is 1. The first kappa shape index (κ1) is 14.1. The van der Waals surface area contributed by atoms with Gasteiger partial charge in [0.25, 0.3) is 0 Å². The second-order valence-electron chi connectivity index (χ2n) is 5.76. The third kappa shape index (κ3) is 3.08. The summed E-state index contributed by atoms with van der Waals surface area (Å²) < 4.78 is 10.8. The molecular weight excluding hydrogens is 268 g/mol. The van der Waals surface area contributed by atoms with E-state index in [4.69, 9.17) is 9.26 Å². The Balaban J connectivity index is 1.69. The Morgan fingerprint density at radius 1 is 1.43 bits per heavy atom. The van der Waals surface area contributed by atoms with Crippen LogP contribution in [0.2, 0.25) is 0 Å². The van der Waals surface area contributed by atoms with E-state index in [9.17, 15) is 5.11 Å². The number of nitrogens with zero attached hydrogens (tertiary/aromatic N) is 2. The van der Waals surface area contributed by atoms with Crippen molar-refractivity contribution in [3.63, 3.8) is 0 Å². The Labute approximate surface area is 123 Å². The van der Waals surface area contributed by atoms with Gasteiger partial charge in [-0.3, -0.25) is 0 Å². The number of hydrogen-bond donors (Lipinski definition) is 1. The van der Waals surface area contributed by atoms with Crippen molar-refractivity contribution in [2.45, 2.75) is 51.7 Å². The maximum absolute atomic E-state index is 10.0. The SMILES string of the molecule is CC(C)c1nc(COc2ccc3c(c2)[C@@H](O)CCC3)no1. The number of benzene rings is 1. The van der Waals surface area contributed by atoms with Crippen molar-refractivity contribution in [2.24, 2.45) is 0 Å². The molecule has 0 fully saturated rings. The summed E-state index contributed by atoms with van der Waals surface area (Å²) >= 11 is 0. The van der Waals surface area contributed by atoms with Gasteiger partial charge in [0.05, 0.1) is 6.10 Å². The molecule has 0 radical (unpaired) electrons. The third-order valence-electron chi connectivity index (χ3n) is 3.75. The van der Waals surface area contributed by atoms with E-state index in [1.165, 1.54) is 5.56 Å². The Kier molecular flexibility index (Phi) is 3.92. The van der Waals surface area contributed by atoms with Crippen molar-refractivity contribution in [3.8, 4) is 5.75 Å². The lowest BCUT2D eigenvalue weighted by atomic mass is 9.89. The molecule has 2 aromatic rings. The number of aromatic nitrogens is 2. The first-order valence-corrected chi connectivity index (χ1v) is 7.39. The molecule has 0 spiro atoms. The van der Waals surface area contributed by atoms with Gasteiger partial charge in [-0.05, 0) is 42.5 Å². The zero-order chi connectivity index (χ0) is 14.8. The topological polar surface area (TPSA) is 68.4 Å². The second kappa shape index (κ2) is 5.85. The Hall–Kier alpha value is -1.88. The third-order valence-corrected chi connectivity index (χ3v) is 3.75. The molecule has 5 nitrogen and oxygen atoms in total. The van der Waals surface area contributed by atoms with Crippen LogP contribution in [0.3, 0.4) is 0 Å². The van der Waals surface area contributed by atoms with Gasteiger partial charge in [0.2, 0.25) is 11.7 Å². The molecule has 0 saturated carbocycles. The zero-order valence-corrected chi connectivity index (χ0v) is 12.4. The molecule has 0 amide bonds. The lowest BCUT2D eigenvalue weighted by Crippen LogP contribution is -2.09. The summed E-state index contributed by atoms with van der Waals surface area (Å²) in [6, 6.07) is 5.88. The van der Waals surface area contributed by atoms with E-state index in [0.29, 0.717) is 11.7 Å². The first-order chi connectivity index (χ1) is 10.1. The molecule has 21 heavy (non-hydrogen) atoms. The van der Waals surface area contributed by atoms with Gasteiger partial charge in [-0.15, -0.1) is 0 Å². The van der Waals surface area contributed by atoms with E-state index in [2.05, 4.69) is 10.1 Å². The highest BCUT2D eigenvalue weighted by molar-refractivity contribution is 5.38. The van der Waals surface area contributed by atoms with Gasteiger partial charge < -0.3 is 14.4 Å². The molecule has 1 aliphatic carbocycles. The van der Waals surface area contributed by atoms with Crippen molar-refractivity contribution >= 4 is 0 Å². The highest BCUT2D eigenvalue weighted by atomic mass is 16.5. The number of hydrogen-bond acceptors (Lipinski definition) is 5. The number of aryl methyl sites for hydroxylation is 1. The summed E-state index contributed by atoms with van der Waals surface area (Å²) in [4.78, 5) is 4.28. The van der Waals surface area contributed by atoms with Crippen molar-refractivity contribution in [2.75, 3.05) is 0 Å². The smallest absolute Gasteiger partial charge is 0.229 e. The summed E-state index contributed by atoms with van der Waals surface area (Å²) in [7, 11) is 0. The predicted molar refractivity (Wildman–Crippen MR) is 77.1 cm³/mol. The second-order valence-corrected chi connectivity index (χ2v) is 5.76. The lowest BCUT2D eigenvalue weighted by molar-refractivity contribution is 0.156. The van der Waals surface area contributed by atoms with Crippen LogP contribution in [0.4, 0.5) is 0 Å². The molecule has 0 aliphatic heterocycles. The van der Waals surface area contributed by atoms with Crippen molar-refractivity contribution in [1.82, 2.24) is 10.1 Å². The fourth-order valence-corrected chi connectivity index (χ4v) is 2.55. The highest BCUT2D eigenvalue weighted by Crippen LogP contribution is 2.32. The summed E-state index contributed by atoms with van der Waals surface area (Å²) in [5.74, 6) is 2.10. The number of aliphatic hydroxyl groups excluding tert-OH is 1. The molecular formula is C16H20N2O3. The van der Waals surface area contributed by atoms with Crippen LogP contribution in [-0.4, -0.2) is 15.2 Å². The average Bonchev–Trinajstić information content (AvgIpc) is 2.95. The van der Waals surface area contributed by atoms with Crippen LogP contribution < -0.4 is 4.74 Å². The summed E-state index contributed by atoms with van der Waals surface area (Å²) in [6.07, 6.45) is 2.50. The van der Waals surface area contributed by atoms with E-state index < -0.39 is 0 Å². The number of aliphatic hydroxyl groups is 1. The van der Waals surface area contributed by atoms with Gasteiger partial charge in [0.1, 0.15) is 5.75 Å². The van der Waals surface area contributed by atoms with E-state index >= 15 is 0 Å². The molecule has 112 valence electrons. The summed E-state index contributed by atoms with van der Waals surface area (Å²) in [5.41, 5.74) is 2.19. The van der Waals surface area contributed by atoms with Crippen LogP contribution in [0.25, 0.3) is 0 Å². The Bertz CT molecular complexity index is 622. The fourth-order valence-electron chi connectivity index (χ4n) is 2.55. The zero-order valence-electron chi connectivity index (χ0n) is 12.4. The standard InChI is InChI=1S/C16H20N2O3/c1-10(2)16-17-15(18-21-16)9-20-12-7-6-11-4-3-5-14(19)13(11)8-12/h6-8,10,14,19H,3-5,9H2,1-2H3/t14-/m0/s1. The van der Waals surface area contributed by atoms with Crippen LogP contribution in [0.15, 0.2) is 22.7 Å². The largest absolute Gasteiger partial charge is 0.485 e. The van der Waals surface area contributed by atoms with E-state index in [1.54, 1.807) is 0 Å². The van der Waals surface area contributed by atoms with Crippen LogP contribution in [0.5, 0.6) is 5.75 Å². The van der Waals surface area contributed by atoms with Gasteiger partial charge >= 0.3 is 0 Å². The molecule has 1 aromatic carbocycles. The van der Waals surface area contributed by atoms with E-state index in [-0.39, 0.29) is 18.6 Å². The predicted octanol–water partition coefficient (Wildman–Crippen LogP) is 3.14. The number of ether oxygens (including phenoxy) is 1. The highest BCUT2D eigenvalue weighted by Gasteiger charge is 2.18. The monoisotopic (exact) mass is 288 g/mol. The minimum absolute atomic E-state index is 0.213. The molecule has 5 heteroatoms. The molecule has 1 aliphatic rings. The normalized spacial score (nSPS) is 17.8. The van der Waals surface area contributed by atoms with Crippen molar-refractivity contribution in [3.05, 3.63) is 41.0 Å². The molecule has 3 rings (SSSR count). The van der Waals surface area contributed by atoms with E-state index in [0.717, 1.165) is 30.6 Å². The lowest BCUT2D eigenvalue weighted by Gasteiger charge is -2.21. The molecule has 1 N–H and O–H groups in total. The van der Waals surface area contributed by atoms with Crippen molar-refractivity contribution < 1.29 is 14.4 Å². The van der Waals surface area contributed by atoms with Gasteiger partial charge in [0.15, 0.2) is 6.61 Å².